The molecule has 17 heavy (non-hydrogen) atoms. The van der Waals surface area contributed by atoms with Crippen LogP contribution in [0.5, 0.6) is 0 Å². The van der Waals surface area contributed by atoms with E-state index in [1.807, 2.05) is 0 Å². The Balaban J connectivity index is 1.72. The highest BCUT2D eigenvalue weighted by atomic mass is 16.3. The van der Waals surface area contributed by atoms with Crippen molar-refractivity contribution in [1.29, 1.82) is 0 Å². The summed E-state index contributed by atoms with van der Waals surface area (Å²) in [5.74, 6) is 1.48. The molecule has 2 heteroatoms. The molecular formula is C15H27NO. The quantitative estimate of drug-likeness (QED) is 0.758. The number of nitrogens with zero attached hydrogens (tertiary/aromatic N) is 1. The maximum absolute atomic E-state index is 11.2. The zero-order valence-corrected chi connectivity index (χ0v) is 11.2. The van der Waals surface area contributed by atoms with Crippen molar-refractivity contribution in [1.82, 2.24) is 4.90 Å². The molecule has 2 saturated heterocycles. The smallest absolute Gasteiger partial charge is 0.0842 e. The van der Waals surface area contributed by atoms with Crippen LogP contribution in [0, 0.1) is 11.8 Å². The maximum Gasteiger partial charge on any atom is 0.0842 e. The first-order valence-corrected chi connectivity index (χ1v) is 7.66. The van der Waals surface area contributed by atoms with Gasteiger partial charge >= 0.3 is 0 Å². The van der Waals surface area contributed by atoms with Crippen molar-refractivity contribution in [2.75, 3.05) is 13.1 Å². The Morgan fingerprint density at radius 1 is 1.00 bits per heavy atom. The second-order valence-corrected chi connectivity index (χ2v) is 6.75. The van der Waals surface area contributed by atoms with E-state index in [0.29, 0.717) is 12.0 Å². The molecule has 2 atom stereocenters. The van der Waals surface area contributed by atoms with Crippen LogP contribution in [-0.4, -0.2) is 34.7 Å². The fraction of sp³-hybridized carbons (Fsp3) is 1.00. The summed E-state index contributed by atoms with van der Waals surface area (Å²) in [6.45, 7) is 4.74. The van der Waals surface area contributed by atoms with Crippen molar-refractivity contribution >= 4 is 0 Å². The average molecular weight is 237 g/mol. The zero-order valence-electron chi connectivity index (χ0n) is 11.2. The van der Waals surface area contributed by atoms with Gasteiger partial charge in [0, 0.05) is 12.6 Å². The predicted molar refractivity (Wildman–Crippen MR) is 69.9 cm³/mol. The molecule has 3 rings (SSSR count). The van der Waals surface area contributed by atoms with Crippen molar-refractivity contribution in [3.8, 4) is 0 Å². The highest BCUT2D eigenvalue weighted by Crippen LogP contribution is 2.45. The van der Waals surface area contributed by atoms with E-state index >= 15 is 0 Å². The Morgan fingerprint density at radius 3 is 2.53 bits per heavy atom. The van der Waals surface area contributed by atoms with Crippen LogP contribution in [0.1, 0.15) is 58.3 Å². The van der Waals surface area contributed by atoms with Gasteiger partial charge in [0.25, 0.3) is 0 Å². The van der Waals surface area contributed by atoms with Crippen LogP contribution in [0.25, 0.3) is 0 Å². The van der Waals surface area contributed by atoms with Gasteiger partial charge in [0.15, 0.2) is 0 Å². The van der Waals surface area contributed by atoms with Gasteiger partial charge in [-0.15, -0.1) is 0 Å². The minimum absolute atomic E-state index is 0.333. The number of rotatable bonds is 1. The first-order chi connectivity index (χ1) is 8.20. The number of fused-ring (bicyclic) bond motifs is 1. The number of hydrogen-bond acceptors (Lipinski definition) is 2. The summed E-state index contributed by atoms with van der Waals surface area (Å²) < 4.78 is 0. The molecule has 3 fully saturated rings. The summed E-state index contributed by atoms with van der Waals surface area (Å²) in [5, 5.41) is 11.2. The summed E-state index contributed by atoms with van der Waals surface area (Å²) in [6.07, 6.45) is 10.1. The standard InChI is InChI=1S/C15H27NO/c1-12-5-7-13(8-6-12)15(17)9-11-16-10-3-2-4-14(15)16/h12-14,17H,2-11H2,1H3. The lowest BCUT2D eigenvalue weighted by molar-refractivity contribution is -0.0704. The summed E-state index contributed by atoms with van der Waals surface area (Å²) in [4.78, 5) is 2.57. The van der Waals surface area contributed by atoms with Gasteiger partial charge in [-0.2, -0.15) is 0 Å². The monoisotopic (exact) mass is 237 g/mol. The SMILES string of the molecule is CC1CCC(C2(O)CCN3CCCCC32)CC1. The Hall–Kier alpha value is -0.0800. The van der Waals surface area contributed by atoms with Crippen LogP contribution in [0.4, 0.5) is 0 Å². The number of hydrogen-bond donors (Lipinski definition) is 1. The Kier molecular flexibility index (Phi) is 3.20. The Bertz CT molecular complexity index is 272. The Morgan fingerprint density at radius 2 is 1.76 bits per heavy atom. The van der Waals surface area contributed by atoms with E-state index in [1.54, 1.807) is 0 Å². The van der Waals surface area contributed by atoms with Crippen molar-refractivity contribution in [2.45, 2.75) is 69.9 Å². The van der Waals surface area contributed by atoms with E-state index in [-0.39, 0.29) is 5.60 Å². The van der Waals surface area contributed by atoms with Crippen LogP contribution in [-0.2, 0) is 0 Å². The molecule has 2 aliphatic heterocycles. The van der Waals surface area contributed by atoms with Crippen molar-refractivity contribution in [3.63, 3.8) is 0 Å². The third-order valence-electron chi connectivity index (χ3n) is 5.71. The van der Waals surface area contributed by atoms with Crippen LogP contribution in [0.15, 0.2) is 0 Å². The molecule has 1 saturated carbocycles. The molecule has 0 radical (unpaired) electrons. The molecule has 0 aromatic carbocycles. The molecule has 2 nitrogen and oxygen atoms in total. The van der Waals surface area contributed by atoms with Crippen molar-refractivity contribution in [3.05, 3.63) is 0 Å². The highest BCUT2D eigenvalue weighted by Gasteiger charge is 2.51. The Labute approximate surface area is 105 Å². The van der Waals surface area contributed by atoms with Gasteiger partial charge in [-0.05, 0) is 50.5 Å². The van der Waals surface area contributed by atoms with Gasteiger partial charge in [-0.1, -0.05) is 26.2 Å². The summed E-state index contributed by atoms with van der Waals surface area (Å²) in [5.41, 5.74) is -0.333. The largest absolute Gasteiger partial charge is 0.388 e. The molecule has 1 aliphatic carbocycles. The van der Waals surface area contributed by atoms with E-state index in [2.05, 4.69) is 11.8 Å². The van der Waals surface area contributed by atoms with Gasteiger partial charge in [-0.25, -0.2) is 0 Å². The minimum Gasteiger partial charge on any atom is -0.388 e. The minimum atomic E-state index is -0.333. The molecule has 98 valence electrons. The van der Waals surface area contributed by atoms with Crippen molar-refractivity contribution in [2.24, 2.45) is 11.8 Å². The molecule has 2 heterocycles. The van der Waals surface area contributed by atoms with Crippen molar-refractivity contribution < 1.29 is 5.11 Å². The zero-order chi connectivity index (χ0) is 11.9. The van der Waals surface area contributed by atoms with Gasteiger partial charge in [0.05, 0.1) is 5.60 Å². The van der Waals surface area contributed by atoms with Crippen LogP contribution in [0.3, 0.4) is 0 Å². The van der Waals surface area contributed by atoms with Gasteiger partial charge in [0.2, 0.25) is 0 Å². The van der Waals surface area contributed by atoms with E-state index in [1.165, 1.54) is 51.5 Å². The second-order valence-electron chi connectivity index (χ2n) is 6.75. The highest BCUT2D eigenvalue weighted by molar-refractivity contribution is 5.05. The second kappa shape index (κ2) is 4.55. The topological polar surface area (TPSA) is 23.5 Å². The summed E-state index contributed by atoms with van der Waals surface area (Å²) >= 11 is 0. The lowest BCUT2D eigenvalue weighted by Crippen LogP contribution is -2.52. The third-order valence-corrected chi connectivity index (χ3v) is 5.71. The molecule has 0 aromatic heterocycles. The van der Waals surface area contributed by atoms with Crippen LogP contribution < -0.4 is 0 Å². The average Bonchev–Trinajstić information content (AvgIpc) is 2.70. The fourth-order valence-corrected chi connectivity index (χ4v) is 4.55. The molecule has 0 spiro atoms. The first kappa shape index (κ1) is 12.0. The molecule has 2 unspecified atom stereocenters. The molecule has 0 amide bonds. The molecule has 0 aromatic rings. The van der Waals surface area contributed by atoms with E-state index in [4.69, 9.17) is 0 Å². The maximum atomic E-state index is 11.2. The fourth-order valence-electron chi connectivity index (χ4n) is 4.55. The lowest BCUT2D eigenvalue weighted by Gasteiger charge is -2.44. The third kappa shape index (κ3) is 2.04. The van der Waals surface area contributed by atoms with Gasteiger partial charge in [0.1, 0.15) is 0 Å². The van der Waals surface area contributed by atoms with Crippen LogP contribution in [0.2, 0.25) is 0 Å². The van der Waals surface area contributed by atoms with E-state index < -0.39 is 0 Å². The first-order valence-electron chi connectivity index (χ1n) is 7.66. The molecule has 0 bridgehead atoms. The normalized spacial score (nSPS) is 48.0. The lowest BCUT2D eigenvalue weighted by atomic mass is 9.70. The predicted octanol–water partition coefficient (Wildman–Crippen LogP) is 2.80. The summed E-state index contributed by atoms with van der Waals surface area (Å²) in [6, 6.07) is 0.495. The van der Waals surface area contributed by atoms with Gasteiger partial charge < -0.3 is 5.11 Å². The molecule has 1 N–H and O–H groups in total. The van der Waals surface area contributed by atoms with Crippen LogP contribution >= 0.6 is 0 Å². The van der Waals surface area contributed by atoms with E-state index in [0.717, 1.165) is 18.9 Å². The molecule has 3 aliphatic rings. The number of piperidine rings is 1. The van der Waals surface area contributed by atoms with E-state index in [9.17, 15) is 5.11 Å². The number of aliphatic hydroxyl groups is 1. The van der Waals surface area contributed by atoms with Gasteiger partial charge in [-0.3, -0.25) is 4.90 Å². The summed E-state index contributed by atoms with van der Waals surface area (Å²) in [7, 11) is 0. The molecular weight excluding hydrogens is 210 g/mol.